The summed E-state index contributed by atoms with van der Waals surface area (Å²) in [4.78, 5) is 61.3. The number of aliphatic hydroxyl groups is 1. The quantitative estimate of drug-likeness (QED) is 0.157. The Labute approximate surface area is 188 Å². The molecule has 1 aromatic rings. The zero-order chi connectivity index (χ0) is 26.1. The number of phosphoric acid groups is 3. The topological polar surface area (TPSA) is 257 Å². The number of aromatic amines is 1. The highest BCUT2D eigenvalue weighted by Gasteiger charge is 2.60. The molecular weight excluding hydrogens is 534 g/mol. The minimum atomic E-state index is -5.83. The van der Waals surface area contributed by atoms with E-state index in [1.54, 1.807) is 0 Å². The van der Waals surface area contributed by atoms with Crippen LogP contribution in [0.2, 0.25) is 0 Å². The van der Waals surface area contributed by atoms with Crippen molar-refractivity contribution in [2.45, 2.75) is 38.0 Å². The predicted molar refractivity (Wildman–Crippen MR) is 105 cm³/mol. The van der Waals surface area contributed by atoms with Gasteiger partial charge in [-0.1, -0.05) is 5.92 Å². The molecule has 2 heterocycles. The summed E-state index contributed by atoms with van der Waals surface area (Å²) in [6.45, 7) is 1.18. The maximum atomic E-state index is 15.9. The minimum Gasteiger partial charge on any atom is -0.396 e. The standard InChI is InChI=1S/C13H19FN3O14P3/c1-3-4-13(14)8(6-18)10(28-11(13)17-12(20)16-9(19)5-15-17)7(2)29-33(24,25)31-34(26,27)30-32(21,22)23/h5,7-8,10-11,18H,6H2,1-2H3,(H,24,25)(H,26,27)(H,16,19,20)(H2,21,22,23)/t7-,8?,10+,11+,13?/m0/s1. The molecule has 0 amide bonds. The second-order valence-corrected chi connectivity index (χ2v) is 11.0. The number of aromatic nitrogens is 3. The lowest BCUT2D eigenvalue weighted by atomic mass is 9.85. The molecule has 1 saturated heterocycles. The molecule has 0 saturated carbocycles. The van der Waals surface area contributed by atoms with E-state index in [2.05, 4.69) is 30.1 Å². The van der Waals surface area contributed by atoms with Crippen LogP contribution in [0.4, 0.5) is 4.39 Å². The SMILES string of the molecule is CC#CC1(F)C(CO)[C@@H]([C@H](C)OP(=O)(O)OP(=O)(O)OP(=O)(O)O)O[C@H]1n1ncc(=O)[nH]c1=O. The Hall–Kier alpha value is -1.57. The van der Waals surface area contributed by atoms with Gasteiger partial charge in [-0.15, -0.1) is 5.92 Å². The van der Waals surface area contributed by atoms with E-state index in [1.165, 1.54) is 6.92 Å². The molecule has 1 aliphatic heterocycles. The Morgan fingerprint density at radius 2 is 1.88 bits per heavy atom. The zero-order valence-corrected chi connectivity index (χ0v) is 19.8. The number of nitrogens with one attached hydrogen (secondary N) is 1. The molecule has 0 aromatic carbocycles. The number of hydrogen-bond donors (Lipinski definition) is 6. The maximum Gasteiger partial charge on any atom is 0.490 e. The first-order valence-electron chi connectivity index (χ1n) is 8.84. The van der Waals surface area contributed by atoms with E-state index in [0.717, 1.165) is 6.92 Å². The van der Waals surface area contributed by atoms with Crippen molar-refractivity contribution in [3.05, 3.63) is 27.0 Å². The van der Waals surface area contributed by atoms with Crippen molar-refractivity contribution in [3.8, 4) is 11.8 Å². The predicted octanol–water partition coefficient (Wildman–Crippen LogP) is -1.10. The van der Waals surface area contributed by atoms with Crippen molar-refractivity contribution in [2.24, 2.45) is 5.92 Å². The monoisotopic (exact) mass is 553 g/mol. The largest absolute Gasteiger partial charge is 0.490 e. The van der Waals surface area contributed by atoms with E-state index < -0.39 is 71.3 Å². The number of phosphoric ester groups is 1. The number of nitrogens with zero attached hydrogens (tertiary/aromatic N) is 2. The average Bonchev–Trinajstić information content (AvgIpc) is 2.90. The van der Waals surface area contributed by atoms with Gasteiger partial charge in [0.15, 0.2) is 0 Å². The van der Waals surface area contributed by atoms with Crippen LogP contribution in [0.25, 0.3) is 0 Å². The van der Waals surface area contributed by atoms with Crippen LogP contribution in [0.5, 0.6) is 0 Å². The molecule has 7 atom stereocenters. The van der Waals surface area contributed by atoms with Crippen LogP contribution in [0.15, 0.2) is 15.8 Å². The summed E-state index contributed by atoms with van der Waals surface area (Å²) >= 11 is 0. The van der Waals surface area contributed by atoms with Gasteiger partial charge in [0, 0.05) is 0 Å². The zero-order valence-electron chi connectivity index (χ0n) is 17.1. The van der Waals surface area contributed by atoms with Gasteiger partial charge < -0.3 is 29.4 Å². The first kappa shape index (κ1) is 28.7. The Morgan fingerprint density at radius 3 is 2.38 bits per heavy atom. The normalized spacial score (nSPS) is 29.5. The molecule has 2 rings (SSSR count). The third-order valence-corrected chi connectivity index (χ3v) is 8.16. The van der Waals surface area contributed by atoms with Gasteiger partial charge in [-0.3, -0.25) is 14.3 Å². The van der Waals surface area contributed by atoms with Gasteiger partial charge in [0.1, 0.15) is 6.20 Å². The Balaban J connectivity index is 2.38. The van der Waals surface area contributed by atoms with Crippen LogP contribution in [0.3, 0.4) is 0 Å². The number of halogens is 1. The molecule has 1 aromatic heterocycles. The van der Waals surface area contributed by atoms with E-state index in [0.29, 0.717) is 10.9 Å². The van der Waals surface area contributed by atoms with Crippen molar-refractivity contribution in [2.75, 3.05) is 6.61 Å². The van der Waals surface area contributed by atoms with E-state index >= 15 is 4.39 Å². The number of H-pyrrole nitrogens is 1. The summed E-state index contributed by atoms with van der Waals surface area (Å²) < 4.78 is 67.8. The Bertz CT molecular complexity index is 1230. The molecule has 21 heteroatoms. The molecule has 0 spiro atoms. The number of aliphatic hydroxyl groups excluding tert-OH is 1. The lowest BCUT2D eigenvalue weighted by molar-refractivity contribution is -0.0799. The molecule has 6 N–H and O–H groups in total. The van der Waals surface area contributed by atoms with Gasteiger partial charge in [0.25, 0.3) is 5.56 Å². The van der Waals surface area contributed by atoms with Crippen molar-refractivity contribution < 1.29 is 60.6 Å². The van der Waals surface area contributed by atoms with Crippen molar-refractivity contribution in [3.63, 3.8) is 0 Å². The van der Waals surface area contributed by atoms with Gasteiger partial charge >= 0.3 is 29.2 Å². The number of ether oxygens (including phenoxy) is 1. The van der Waals surface area contributed by atoms with Gasteiger partial charge in [-0.05, 0) is 13.8 Å². The second-order valence-electron chi connectivity index (χ2n) is 6.67. The summed E-state index contributed by atoms with van der Waals surface area (Å²) in [6, 6.07) is 0. The van der Waals surface area contributed by atoms with Crippen LogP contribution >= 0.6 is 23.5 Å². The average molecular weight is 553 g/mol. The van der Waals surface area contributed by atoms with Crippen LogP contribution in [-0.2, 0) is 31.6 Å². The highest BCUT2D eigenvalue weighted by atomic mass is 31.3. The molecule has 192 valence electrons. The number of alkyl halides is 1. The van der Waals surface area contributed by atoms with Gasteiger partial charge in [-0.25, -0.2) is 22.9 Å². The lowest BCUT2D eigenvalue weighted by Crippen LogP contribution is -2.45. The molecule has 1 fully saturated rings. The van der Waals surface area contributed by atoms with Crippen LogP contribution in [-0.4, -0.2) is 63.9 Å². The highest BCUT2D eigenvalue weighted by molar-refractivity contribution is 7.66. The lowest BCUT2D eigenvalue weighted by Gasteiger charge is -2.27. The first-order chi connectivity index (χ1) is 15.4. The number of hydrogen-bond acceptors (Lipinski definition) is 11. The van der Waals surface area contributed by atoms with Crippen molar-refractivity contribution in [1.82, 2.24) is 14.8 Å². The van der Waals surface area contributed by atoms with Gasteiger partial charge in [-0.2, -0.15) is 18.4 Å². The summed E-state index contributed by atoms with van der Waals surface area (Å²) in [5, 5.41) is 13.2. The Kier molecular flexibility index (Phi) is 8.60. The summed E-state index contributed by atoms with van der Waals surface area (Å²) in [6.07, 6.45) is -4.81. The highest BCUT2D eigenvalue weighted by Crippen LogP contribution is 2.67. The first-order valence-corrected chi connectivity index (χ1v) is 13.4. The minimum absolute atomic E-state index is 0.367. The van der Waals surface area contributed by atoms with E-state index in [4.69, 9.17) is 14.5 Å². The summed E-state index contributed by atoms with van der Waals surface area (Å²) in [7, 11) is -17.1. The van der Waals surface area contributed by atoms with E-state index in [-0.39, 0.29) is 0 Å². The van der Waals surface area contributed by atoms with Gasteiger partial charge in [0.05, 0.1) is 24.7 Å². The molecule has 1 aliphatic rings. The summed E-state index contributed by atoms with van der Waals surface area (Å²) in [5.74, 6) is 2.69. The molecule has 4 unspecified atom stereocenters. The third-order valence-electron chi connectivity index (χ3n) is 4.23. The summed E-state index contributed by atoms with van der Waals surface area (Å²) in [5.41, 5.74) is -4.99. The van der Waals surface area contributed by atoms with E-state index in [1.807, 2.05) is 4.98 Å². The van der Waals surface area contributed by atoms with Crippen molar-refractivity contribution >= 4 is 23.5 Å². The van der Waals surface area contributed by atoms with Crippen LogP contribution in [0.1, 0.15) is 20.1 Å². The molecule has 17 nitrogen and oxygen atoms in total. The fourth-order valence-corrected chi connectivity index (χ4v) is 6.32. The van der Waals surface area contributed by atoms with Gasteiger partial charge in [0.2, 0.25) is 11.9 Å². The molecule has 0 radical (unpaired) electrons. The van der Waals surface area contributed by atoms with Crippen LogP contribution < -0.4 is 11.2 Å². The second kappa shape index (κ2) is 10.2. The molecule has 0 aliphatic carbocycles. The fraction of sp³-hybridized carbons (Fsp3) is 0.615. The molecule has 34 heavy (non-hydrogen) atoms. The smallest absolute Gasteiger partial charge is 0.396 e. The Morgan fingerprint density at radius 1 is 1.26 bits per heavy atom. The molecular formula is C13H19FN3O14P3. The third kappa shape index (κ3) is 6.76. The maximum absolute atomic E-state index is 15.9. The van der Waals surface area contributed by atoms with Crippen molar-refractivity contribution in [1.29, 1.82) is 0 Å². The fourth-order valence-electron chi connectivity index (χ4n) is 3.12. The van der Waals surface area contributed by atoms with E-state index in [9.17, 15) is 38.2 Å². The number of rotatable bonds is 9. The van der Waals surface area contributed by atoms with Crippen LogP contribution in [0, 0.1) is 17.8 Å². The molecule has 0 bridgehead atoms.